The van der Waals surface area contributed by atoms with E-state index in [1.807, 2.05) is 0 Å². The Morgan fingerprint density at radius 2 is 1.73 bits per heavy atom. The molecule has 0 bridgehead atoms. The van der Waals surface area contributed by atoms with Crippen LogP contribution >= 0.6 is 0 Å². The summed E-state index contributed by atoms with van der Waals surface area (Å²) >= 11 is 0. The highest BCUT2D eigenvalue weighted by atomic mass is 14.9. The monoisotopic (exact) mass is 194 g/mol. The van der Waals surface area contributed by atoms with E-state index in [0.717, 1.165) is 0 Å². The number of rotatable bonds is 0. The maximum Gasteiger partial charge on any atom is 0.211 e. The molecule has 3 rings (SSSR count). The highest BCUT2D eigenvalue weighted by molar-refractivity contribution is 5.85. The molecule has 0 spiro atoms. The average Bonchev–Trinajstić information content (AvgIpc) is 2.30. The van der Waals surface area contributed by atoms with Crippen molar-refractivity contribution < 1.29 is 4.40 Å². The van der Waals surface area contributed by atoms with Gasteiger partial charge >= 0.3 is 0 Å². The summed E-state index contributed by atoms with van der Waals surface area (Å²) in [4.78, 5) is 0. The molecule has 0 fully saturated rings. The zero-order chi connectivity index (χ0) is 10.3. The number of nitrogens with zero attached hydrogens (tertiary/aromatic N) is 1. The summed E-state index contributed by atoms with van der Waals surface area (Å²) in [6, 6.07) is 17.0. The predicted octanol–water partition coefficient (Wildman–Crippen LogP) is 2.89. The quantitative estimate of drug-likeness (QED) is 0.383. The highest BCUT2D eigenvalue weighted by Crippen LogP contribution is 2.16. The van der Waals surface area contributed by atoms with Crippen LogP contribution in [0.25, 0.3) is 16.3 Å². The van der Waals surface area contributed by atoms with Crippen LogP contribution in [0.15, 0.2) is 54.7 Å². The van der Waals surface area contributed by atoms with Crippen molar-refractivity contribution in [2.45, 2.75) is 6.92 Å². The van der Waals surface area contributed by atoms with Gasteiger partial charge in [0.1, 0.15) is 0 Å². The summed E-state index contributed by atoms with van der Waals surface area (Å²) in [7, 11) is 0. The Labute approximate surface area is 88.6 Å². The second-order valence-electron chi connectivity index (χ2n) is 3.81. The molecule has 0 amide bonds. The van der Waals surface area contributed by atoms with Crippen molar-refractivity contribution in [1.82, 2.24) is 0 Å². The van der Waals surface area contributed by atoms with Crippen LogP contribution in [0.3, 0.4) is 0 Å². The first-order valence-corrected chi connectivity index (χ1v) is 5.15. The van der Waals surface area contributed by atoms with Gasteiger partial charge in [0.05, 0.1) is 0 Å². The summed E-state index contributed by atoms with van der Waals surface area (Å²) in [5, 5.41) is 2.63. The molecule has 72 valence electrons. The summed E-state index contributed by atoms with van der Waals surface area (Å²) in [5.41, 5.74) is 2.54. The van der Waals surface area contributed by atoms with E-state index in [1.165, 1.54) is 22.0 Å². The zero-order valence-electron chi connectivity index (χ0n) is 8.64. The number of benzene rings is 1. The molecule has 15 heavy (non-hydrogen) atoms. The second kappa shape index (κ2) is 3.06. The number of hydrogen-bond acceptors (Lipinski definition) is 0. The van der Waals surface area contributed by atoms with Crippen molar-refractivity contribution in [3.8, 4) is 0 Å². The minimum absolute atomic E-state index is 1.24. The molecular weight excluding hydrogens is 182 g/mol. The zero-order valence-corrected chi connectivity index (χ0v) is 8.64. The van der Waals surface area contributed by atoms with Gasteiger partial charge in [0.25, 0.3) is 0 Å². The predicted molar refractivity (Wildman–Crippen MR) is 61.8 cm³/mol. The Balaban J connectivity index is 2.60. The van der Waals surface area contributed by atoms with Gasteiger partial charge in [-0.25, -0.2) is 0 Å². The standard InChI is InChI=1S/C14H12N/c1-11-14-8-3-2-6-12(14)10-13-7-4-5-9-15(11)13/h2-10H,1H3/q+1. The fourth-order valence-corrected chi connectivity index (χ4v) is 2.12. The van der Waals surface area contributed by atoms with Crippen molar-refractivity contribution >= 4 is 16.3 Å². The third-order valence-electron chi connectivity index (χ3n) is 2.91. The maximum atomic E-state index is 2.22. The summed E-state index contributed by atoms with van der Waals surface area (Å²) < 4.78 is 2.22. The first-order valence-electron chi connectivity index (χ1n) is 5.15. The van der Waals surface area contributed by atoms with E-state index in [4.69, 9.17) is 0 Å². The van der Waals surface area contributed by atoms with Gasteiger partial charge in [0.15, 0.2) is 11.9 Å². The molecule has 0 aliphatic rings. The first-order chi connectivity index (χ1) is 7.36. The normalized spacial score (nSPS) is 11.0. The van der Waals surface area contributed by atoms with Gasteiger partial charge in [-0.05, 0) is 17.5 Å². The lowest BCUT2D eigenvalue weighted by Crippen LogP contribution is -2.24. The van der Waals surface area contributed by atoms with E-state index in [-0.39, 0.29) is 0 Å². The highest BCUT2D eigenvalue weighted by Gasteiger charge is 2.09. The van der Waals surface area contributed by atoms with Gasteiger partial charge in [0, 0.05) is 30.5 Å². The van der Waals surface area contributed by atoms with Gasteiger partial charge < -0.3 is 0 Å². The number of aromatic nitrogens is 1. The van der Waals surface area contributed by atoms with Gasteiger partial charge in [-0.15, -0.1) is 0 Å². The van der Waals surface area contributed by atoms with Crippen LogP contribution in [0.4, 0.5) is 0 Å². The van der Waals surface area contributed by atoms with Crippen LogP contribution in [0.1, 0.15) is 5.69 Å². The first kappa shape index (κ1) is 8.42. The van der Waals surface area contributed by atoms with E-state index in [0.29, 0.717) is 0 Å². The van der Waals surface area contributed by atoms with Crippen LogP contribution in [-0.4, -0.2) is 0 Å². The van der Waals surface area contributed by atoms with E-state index in [2.05, 4.69) is 66.1 Å². The van der Waals surface area contributed by atoms with E-state index in [1.54, 1.807) is 0 Å². The molecule has 0 aliphatic carbocycles. The van der Waals surface area contributed by atoms with Gasteiger partial charge in [-0.1, -0.05) is 18.2 Å². The molecule has 0 saturated carbocycles. The van der Waals surface area contributed by atoms with Crippen molar-refractivity contribution in [2.24, 2.45) is 0 Å². The lowest BCUT2D eigenvalue weighted by atomic mass is 10.1. The molecule has 1 nitrogen and oxygen atoms in total. The van der Waals surface area contributed by atoms with Crippen molar-refractivity contribution in [2.75, 3.05) is 0 Å². The Kier molecular flexibility index (Phi) is 1.72. The van der Waals surface area contributed by atoms with Gasteiger partial charge in [-0.3, -0.25) is 0 Å². The SMILES string of the molecule is Cc1c2ccccc2cc2cccc[n+]12. The molecule has 0 aliphatic heterocycles. The molecule has 2 heterocycles. The number of aryl methyl sites for hydroxylation is 1. The van der Waals surface area contributed by atoms with Crippen LogP contribution in [0.2, 0.25) is 0 Å². The van der Waals surface area contributed by atoms with Crippen LogP contribution in [0, 0.1) is 6.92 Å². The third kappa shape index (κ3) is 1.20. The molecule has 1 heteroatoms. The Hall–Kier alpha value is -1.89. The topological polar surface area (TPSA) is 4.10 Å². The van der Waals surface area contributed by atoms with Crippen LogP contribution in [-0.2, 0) is 0 Å². The Morgan fingerprint density at radius 3 is 2.67 bits per heavy atom. The molecule has 0 N–H and O–H groups in total. The number of hydrogen-bond donors (Lipinski definition) is 0. The van der Waals surface area contributed by atoms with E-state index >= 15 is 0 Å². The molecule has 0 saturated heterocycles. The molecular formula is C14H12N+. The molecule has 0 unspecified atom stereocenters. The summed E-state index contributed by atoms with van der Waals surface area (Å²) in [6.45, 7) is 2.16. The fourth-order valence-electron chi connectivity index (χ4n) is 2.12. The molecule has 1 aromatic carbocycles. The van der Waals surface area contributed by atoms with Gasteiger partial charge in [-0.2, -0.15) is 4.40 Å². The molecule has 0 atom stereocenters. The molecule has 0 radical (unpaired) electrons. The smallest absolute Gasteiger partial charge is 0.164 e. The molecule has 3 aromatic rings. The number of pyridine rings is 2. The third-order valence-corrected chi connectivity index (χ3v) is 2.91. The Bertz CT molecular complexity index is 587. The average molecular weight is 194 g/mol. The van der Waals surface area contributed by atoms with E-state index in [9.17, 15) is 0 Å². The Morgan fingerprint density at radius 1 is 0.933 bits per heavy atom. The summed E-state index contributed by atoms with van der Waals surface area (Å²) in [5.74, 6) is 0. The summed E-state index contributed by atoms with van der Waals surface area (Å²) in [6.07, 6.45) is 2.11. The van der Waals surface area contributed by atoms with Gasteiger partial charge in [0.2, 0.25) is 5.52 Å². The van der Waals surface area contributed by atoms with Crippen LogP contribution < -0.4 is 4.40 Å². The lowest BCUT2D eigenvalue weighted by Gasteiger charge is -2.00. The van der Waals surface area contributed by atoms with Crippen molar-refractivity contribution in [3.05, 3.63) is 60.4 Å². The minimum atomic E-state index is 1.24. The minimum Gasteiger partial charge on any atom is -0.164 e. The van der Waals surface area contributed by atoms with E-state index < -0.39 is 0 Å². The fraction of sp³-hybridized carbons (Fsp3) is 0.0714. The van der Waals surface area contributed by atoms with Crippen LogP contribution in [0.5, 0.6) is 0 Å². The molecule has 2 aromatic heterocycles. The maximum absolute atomic E-state index is 2.22. The van der Waals surface area contributed by atoms with Crippen molar-refractivity contribution in [3.63, 3.8) is 0 Å². The largest absolute Gasteiger partial charge is 0.211 e. The second-order valence-corrected chi connectivity index (χ2v) is 3.81. The van der Waals surface area contributed by atoms with Crippen molar-refractivity contribution in [1.29, 1.82) is 0 Å². The number of fused-ring (bicyclic) bond motifs is 2. The lowest BCUT2D eigenvalue weighted by molar-refractivity contribution is -0.518.